The molecule has 2 fully saturated rings. The molecule has 2 aliphatic rings. The van der Waals surface area contributed by atoms with Gasteiger partial charge in [0.05, 0.1) is 17.5 Å². The number of sulfone groups is 1. The molecule has 9 heteroatoms. The van der Waals surface area contributed by atoms with Crippen molar-refractivity contribution in [1.29, 1.82) is 0 Å². The van der Waals surface area contributed by atoms with Crippen LogP contribution in [0.4, 0.5) is 0 Å². The monoisotopic (exact) mass is 313 g/mol. The summed E-state index contributed by atoms with van der Waals surface area (Å²) in [6.45, 7) is 0. The molecule has 18 heavy (non-hydrogen) atoms. The Morgan fingerprint density at radius 3 is 2.44 bits per heavy atom. The van der Waals surface area contributed by atoms with Crippen molar-refractivity contribution in [3.05, 3.63) is 0 Å². The molecule has 3 atom stereocenters. The molecule has 2 aliphatic heterocycles. The van der Waals surface area contributed by atoms with Crippen molar-refractivity contribution < 1.29 is 17.2 Å². The summed E-state index contributed by atoms with van der Waals surface area (Å²) in [6.07, 6.45) is 1.17. The van der Waals surface area contributed by atoms with E-state index in [0.29, 0.717) is 23.7 Å². The molecule has 0 bridgehead atoms. The summed E-state index contributed by atoms with van der Waals surface area (Å²) in [4.78, 5) is 0. The second kappa shape index (κ2) is 5.03. The predicted octanol–water partition coefficient (Wildman–Crippen LogP) is -0.618. The Hall–Kier alpha value is -0.250. The number of nitrogens with one attached hydrogen (secondary N) is 2. The van der Waals surface area contributed by atoms with Crippen molar-refractivity contribution in [3.8, 4) is 0 Å². The van der Waals surface area contributed by atoms with E-state index in [4.69, 9.17) is 12.2 Å². The van der Waals surface area contributed by atoms with Crippen LogP contribution in [0.25, 0.3) is 0 Å². The van der Waals surface area contributed by atoms with Crippen molar-refractivity contribution in [2.24, 2.45) is 0 Å². The molecule has 0 amide bonds. The minimum absolute atomic E-state index is 0.0967. The van der Waals surface area contributed by atoms with Gasteiger partial charge in [0, 0.05) is 12.5 Å². The van der Waals surface area contributed by atoms with Crippen LogP contribution in [0.5, 0.6) is 0 Å². The zero-order valence-corrected chi connectivity index (χ0v) is 12.2. The molecule has 2 saturated heterocycles. The lowest BCUT2D eigenvalue weighted by atomic mass is 10.2. The van der Waals surface area contributed by atoms with E-state index in [9.17, 15) is 17.2 Å². The summed E-state index contributed by atoms with van der Waals surface area (Å²) in [5.41, 5.74) is 0. The normalized spacial score (nSPS) is 38.5. The van der Waals surface area contributed by atoms with Gasteiger partial charge in [0.25, 0.3) is 0 Å². The fourth-order valence-electron chi connectivity index (χ4n) is 2.24. The van der Waals surface area contributed by atoms with E-state index in [1.54, 1.807) is 0 Å². The van der Waals surface area contributed by atoms with E-state index >= 15 is 0 Å². The second-order valence-corrected chi connectivity index (χ2v) is 9.77. The van der Waals surface area contributed by atoms with Crippen LogP contribution in [-0.2, 0) is 24.3 Å². The van der Waals surface area contributed by atoms with Crippen molar-refractivity contribution in [2.45, 2.75) is 24.9 Å². The molecule has 0 aromatic carbocycles. The number of hydrogen-bond acceptors (Lipinski definition) is 4. The van der Waals surface area contributed by atoms with Crippen LogP contribution in [0.2, 0.25) is 0 Å². The summed E-state index contributed by atoms with van der Waals surface area (Å²) in [6, 6.07) is -0.240. The van der Waals surface area contributed by atoms with Crippen LogP contribution >= 0.6 is 12.2 Å². The molecule has 0 aliphatic carbocycles. The van der Waals surface area contributed by atoms with Gasteiger partial charge < -0.3 is 10.6 Å². The van der Waals surface area contributed by atoms with Gasteiger partial charge in [-0.2, -0.15) is 4.55 Å². The Labute approximate surface area is 113 Å². The van der Waals surface area contributed by atoms with E-state index in [2.05, 4.69) is 10.6 Å². The number of rotatable bonds is 2. The maximum absolute atomic E-state index is 11.4. The Morgan fingerprint density at radius 1 is 1.28 bits per heavy atom. The van der Waals surface area contributed by atoms with E-state index in [1.165, 1.54) is 0 Å². The predicted molar refractivity (Wildman–Crippen MR) is 74.7 cm³/mol. The van der Waals surface area contributed by atoms with Gasteiger partial charge in [-0.15, -0.1) is 0 Å². The highest BCUT2D eigenvalue weighted by Gasteiger charge is 2.39. The topological polar surface area (TPSA) is 95.5 Å². The van der Waals surface area contributed by atoms with Crippen molar-refractivity contribution in [1.82, 2.24) is 10.6 Å². The molecular weight excluding hydrogens is 296 g/mol. The number of hydrogen-bond donors (Lipinski definition) is 3. The van der Waals surface area contributed by atoms with Crippen molar-refractivity contribution in [2.75, 3.05) is 23.0 Å². The maximum Gasteiger partial charge on any atom is 0.216 e. The van der Waals surface area contributed by atoms with Crippen LogP contribution in [-0.4, -0.2) is 53.2 Å². The molecule has 3 N–H and O–H groups in total. The first-order valence-electron chi connectivity index (χ1n) is 5.75. The Balaban J connectivity index is 1.78. The van der Waals surface area contributed by atoms with Gasteiger partial charge in [-0.1, -0.05) is 4.21 Å². The molecule has 0 radical (unpaired) electrons. The first-order chi connectivity index (χ1) is 8.26. The first-order valence-corrected chi connectivity index (χ1v) is 9.83. The quantitative estimate of drug-likeness (QED) is 0.462. The average molecular weight is 313 g/mol. The third kappa shape index (κ3) is 3.87. The number of thiocarbonyl (C=S) groups is 1. The average Bonchev–Trinajstić information content (AvgIpc) is 2.69. The fourth-order valence-corrected chi connectivity index (χ4v) is 5.95. The van der Waals surface area contributed by atoms with Crippen molar-refractivity contribution in [3.63, 3.8) is 0 Å². The van der Waals surface area contributed by atoms with Gasteiger partial charge in [-0.05, 0) is 18.6 Å². The molecule has 2 rings (SSSR count). The summed E-state index contributed by atoms with van der Waals surface area (Å²) >= 11 is 5.09. The summed E-state index contributed by atoms with van der Waals surface area (Å²) < 4.78 is 43.3. The Bertz CT molecular complexity index is 490. The van der Waals surface area contributed by atoms with Crippen LogP contribution < -0.4 is 10.6 Å². The lowest BCUT2D eigenvalue weighted by Gasteiger charge is -2.17. The minimum Gasteiger partial charge on any atom is -0.359 e. The Kier molecular flexibility index (Phi) is 3.96. The maximum atomic E-state index is 11.4. The van der Waals surface area contributed by atoms with E-state index in [0.717, 1.165) is 0 Å². The zero-order chi connectivity index (χ0) is 13.4. The molecule has 0 aromatic rings. The fraction of sp³-hybridized carbons (Fsp3) is 0.889. The lowest BCUT2D eigenvalue weighted by molar-refractivity contribution is 0.502. The summed E-state index contributed by atoms with van der Waals surface area (Å²) in [5.74, 6) is 0.806. The second-order valence-electron chi connectivity index (χ2n) is 4.85. The van der Waals surface area contributed by atoms with E-state index in [1.807, 2.05) is 0 Å². The minimum atomic E-state index is -2.92. The van der Waals surface area contributed by atoms with Gasteiger partial charge in [0.2, 0.25) is 10.2 Å². The highest BCUT2D eigenvalue weighted by molar-refractivity contribution is 7.98. The Morgan fingerprint density at radius 2 is 1.94 bits per heavy atom. The van der Waals surface area contributed by atoms with Crippen LogP contribution in [0.15, 0.2) is 0 Å². The molecule has 2 heterocycles. The molecule has 1 unspecified atom stereocenters. The lowest BCUT2D eigenvalue weighted by Crippen LogP contribution is -2.47. The summed E-state index contributed by atoms with van der Waals surface area (Å²) in [5, 5.41) is 6.30. The van der Waals surface area contributed by atoms with Gasteiger partial charge >= 0.3 is 0 Å². The highest BCUT2D eigenvalue weighted by atomic mass is 32.3. The third-order valence-electron chi connectivity index (χ3n) is 3.15. The third-order valence-corrected chi connectivity index (χ3v) is 6.95. The largest absolute Gasteiger partial charge is 0.359 e. The highest BCUT2D eigenvalue weighted by Crippen LogP contribution is 2.16. The first kappa shape index (κ1) is 14.2. The van der Waals surface area contributed by atoms with E-state index < -0.39 is 20.1 Å². The van der Waals surface area contributed by atoms with Crippen molar-refractivity contribution >= 4 is 37.4 Å². The summed E-state index contributed by atoms with van der Waals surface area (Å²) in [7, 11) is -5.61. The van der Waals surface area contributed by atoms with Gasteiger partial charge in [0.1, 0.15) is 5.75 Å². The van der Waals surface area contributed by atoms with Gasteiger partial charge in [0.15, 0.2) is 20.7 Å². The molecule has 0 aromatic heterocycles. The molecule has 104 valence electrons. The van der Waals surface area contributed by atoms with Gasteiger partial charge in [-0.25, -0.2) is 8.42 Å². The smallest absolute Gasteiger partial charge is 0.216 e. The molecule has 0 saturated carbocycles. The van der Waals surface area contributed by atoms with E-state index in [-0.39, 0.29) is 29.3 Å². The van der Waals surface area contributed by atoms with Gasteiger partial charge in [-0.3, -0.25) is 0 Å². The SMILES string of the molecule is O=S1(=O)CC[C@H](NC(=S)N[C@H]2CC[S+](=O)(O)C2)C1. The zero-order valence-electron chi connectivity index (χ0n) is 9.79. The molecular formula is C9H17N2O4S3+. The van der Waals surface area contributed by atoms with Crippen LogP contribution in [0.3, 0.4) is 0 Å². The van der Waals surface area contributed by atoms with Crippen LogP contribution in [0.1, 0.15) is 12.8 Å². The standard InChI is InChI=1S/C9H16N2O4S3/c12-17(13)3-1-7(5-17)10-9(16)11-8-2-4-18(14,15)6-8/h7-8H,1-6H2,(H2-,10,11,12,13,16)/p+1/t7-,8-/m0/s1. The molecule has 0 spiro atoms. The molecule has 6 nitrogen and oxygen atoms in total. The van der Waals surface area contributed by atoms with Crippen LogP contribution in [0, 0.1) is 0 Å².